The zero-order chi connectivity index (χ0) is 24.1. The number of aryl methyl sites for hydroxylation is 1. The highest BCUT2D eigenvalue weighted by Gasteiger charge is 2.32. The van der Waals surface area contributed by atoms with Crippen LogP contribution in [-0.4, -0.2) is 15.6 Å². The molecule has 1 aliphatic carbocycles. The van der Waals surface area contributed by atoms with Crippen molar-refractivity contribution in [1.82, 2.24) is 4.57 Å². The van der Waals surface area contributed by atoms with Gasteiger partial charge in [-0.2, -0.15) is 0 Å². The predicted octanol–water partition coefficient (Wildman–Crippen LogP) is 4.16. The number of aromatic carboxylic acids is 1. The second kappa shape index (κ2) is 8.29. The molecule has 6 rings (SSSR count). The fourth-order valence-electron chi connectivity index (χ4n) is 4.87. The molecule has 1 aromatic heterocycles. The maximum absolute atomic E-state index is 14.3. The standard InChI is InChI=1S/C28H19FN2O3S/c29-20-6-3-5-19(15-20)25-22-13-12-17-4-1-2-7-21(17)24(22)30-28-31(25)26(32)23(35-28)14-16-8-10-18(11-9-16)27(33)34/h1-11,14-15,25H,12-13H2,(H,33,34). The maximum atomic E-state index is 14.3. The van der Waals surface area contributed by atoms with Crippen molar-refractivity contribution in [3.05, 3.63) is 132 Å². The lowest BCUT2D eigenvalue weighted by Crippen LogP contribution is -2.38. The molecule has 0 radical (unpaired) electrons. The maximum Gasteiger partial charge on any atom is 0.335 e. The molecule has 172 valence electrons. The van der Waals surface area contributed by atoms with Crippen LogP contribution in [0, 0.1) is 5.82 Å². The summed E-state index contributed by atoms with van der Waals surface area (Å²) in [5, 5.41) is 9.14. The number of aromatic nitrogens is 1. The lowest BCUT2D eigenvalue weighted by Gasteiger charge is -2.30. The predicted molar refractivity (Wildman–Crippen MR) is 133 cm³/mol. The van der Waals surface area contributed by atoms with Gasteiger partial charge in [-0.05, 0) is 65.4 Å². The molecule has 0 fully saturated rings. The number of carbonyl (C=O) groups is 1. The quantitative estimate of drug-likeness (QED) is 0.477. The zero-order valence-electron chi connectivity index (χ0n) is 18.4. The smallest absolute Gasteiger partial charge is 0.335 e. The Hall–Kier alpha value is -4.10. The Morgan fingerprint density at radius 1 is 1.06 bits per heavy atom. The van der Waals surface area contributed by atoms with Crippen LogP contribution in [0.25, 0.3) is 11.8 Å². The summed E-state index contributed by atoms with van der Waals surface area (Å²) in [6, 6.07) is 20.5. The number of thiazole rings is 1. The SMILES string of the molecule is O=C(O)c1ccc(C=c2sc3n(c2=O)C(c2cccc(F)c2)C2=C(N=3)c3ccccc3CC2)cc1. The van der Waals surface area contributed by atoms with Crippen molar-refractivity contribution >= 4 is 29.1 Å². The van der Waals surface area contributed by atoms with Crippen LogP contribution in [0.2, 0.25) is 0 Å². The first-order valence-electron chi connectivity index (χ1n) is 11.2. The van der Waals surface area contributed by atoms with E-state index in [1.807, 2.05) is 24.3 Å². The number of halogens is 1. The first kappa shape index (κ1) is 21.4. The number of benzene rings is 3. The van der Waals surface area contributed by atoms with Crippen LogP contribution >= 0.6 is 11.3 Å². The molecule has 1 N–H and O–H groups in total. The number of nitrogens with zero attached hydrogens (tertiary/aromatic N) is 2. The average Bonchev–Trinajstić information content (AvgIpc) is 3.17. The normalized spacial score (nSPS) is 16.8. The van der Waals surface area contributed by atoms with Crippen molar-refractivity contribution in [2.24, 2.45) is 4.99 Å². The molecule has 0 bridgehead atoms. The van der Waals surface area contributed by atoms with Gasteiger partial charge in [-0.25, -0.2) is 14.2 Å². The molecule has 5 nitrogen and oxygen atoms in total. The summed E-state index contributed by atoms with van der Waals surface area (Å²) in [6.45, 7) is 0. The summed E-state index contributed by atoms with van der Waals surface area (Å²) < 4.78 is 16.4. The van der Waals surface area contributed by atoms with E-state index in [4.69, 9.17) is 10.1 Å². The van der Waals surface area contributed by atoms with Crippen LogP contribution in [0.5, 0.6) is 0 Å². The third kappa shape index (κ3) is 3.65. The lowest BCUT2D eigenvalue weighted by atomic mass is 9.83. The van der Waals surface area contributed by atoms with Gasteiger partial charge in [0.25, 0.3) is 5.56 Å². The van der Waals surface area contributed by atoms with E-state index in [1.54, 1.807) is 28.8 Å². The molecule has 0 amide bonds. The number of carboxylic acid groups (broad SMARTS) is 1. The topological polar surface area (TPSA) is 71.7 Å². The molecule has 0 spiro atoms. The highest BCUT2D eigenvalue weighted by molar-refractivity contribution is 7.07. The van der Waals surface area contributed by atoms with Crippen LogP contribution in [0.1, 0.15) is 45.1 Å². The highest BCUT2D eigenvalue weighted by Crippen LogP contribution is 2.41. The number of carboxylic acids is 1. The Balaban J connectivity index is 1.58. The molecule has 0 saturated heterocycles. The van der Waals surface area contributed by atoms with Gasteiger partial charge < -0.3 is 5.11 Å². The Labute approximate surface area is 203 Å². The summed E-state index contributed by atoms with van der Waals surface area (Å²) in [4.78, 5) is 30.3. The van der Waals surface area contributed by atoms with Gasteiger partial charge in [-0.3, -0.25) is 9.36 Å². The van der Waals surface area contributed by atoms with Crippen LogP contribution < -0.4 is 14.9 Å². The van der Waals surface area contributed by atoms with Gasteiger partial charge in [0.2, 0.25) is 0 Å². The molecule has 7 heteroatoms. The van der Waals surface area contributed by atoms with Gasteiger partial charge in [0.1, 0.15) is 5.82 Å². The minimum Gasteiger partial charge on any atom is -0.478 e. The van der Waals surface area contributed by atoms with Gasteiger partial charge in [0, 0.05) is 5.56 Å². The molecule has 0 saturated carbocycles. The molecule has 3 aromatic carbocycles. The molecular weight excluding hydrogens is 463 g/mol. The molecule has 2 heterocycles. The summed E-state index contributed by atoms with van der Waals surface area (Å²) in [7, 11) is 0. The minimum atomic E-state index is -1.00. The fourth-order valence-corrected chi connectivity index (χ4v) is 5.87. The van der Waals surface area contributed by atoms with Crippen LogP contribution in [-0.2, 0) is 6.42 Å². The van der Waals surface area contributed by atoms with E-state index in [1.165, 1.54) is 41.2 Å². The monoisotopic (exact) mass is 482 g/mol. The minimum absolute atomic E-state index is 0.182. The van der Waals surface area contributed by atoms with Crippen molar-refractivity contribution in [3.63, 3.8) is 0 Å². The van der Waals surface area contributed by atoms with Crippen molar-refractivity contribution in [3.8, 4) is 0 Å². The second-order valence-corrected chi connectivity index (χ2v) is 9.60. The van der Waals surface area contributed by atoms with Crippen molar-refractivity contribution in [2.45, 2.75) is 18.9 Å². The van der Waals surface area contributed by atoms with Crippen molar-refractivity contribution in [1.29, 1.82) is 0 Å². The largest absolute Gasteiger partial charge is 0.478 e. The third-order valence-electron chi connectivity index (χ3n) is 6.49. The summed E-state index contributed by atoms with van der Waals surface area (Å²) in [6.07, 6.45) is 3.31. The van der Waals surface area contributed by atoms with E-state index in [9.17, 15) is 14.0 Å². The third-order valence-corrected chi connectivity index (χ3v) is 7.48. The Morgan fingerprint density at radius 3 is 2.63 bits per heavy atom. The molecular formula is C28H19FN2O3S. The van der Waals surface area contributed by atoms with Crippen molar-refractivity contribution < 1.29 is 14.3 Å². The van der Waals surface area contributed by atoms with Gasteiger partial charge in [0.15, 0.2) is 4.80 Å². The summed E-state index contributed by atoms with van der Waals surface area (Å²) in [5.41, 5.74) is 5.56. The van der Waals surface area contributed by atoms with Crippen LogP contribution in [0.15, 0.2) is 88.2 Å². The Morgan fingerprint density at radius 2 is 1.86 bits per heavy atom. The second-order valence-electron chi connectivity index (χ2n) is 8.60. The lowest BCUT2D eigenvalue weighted by molar-refractivity contribution is 0.0697. The van der Waals surface area contributed by atoms with Crippen LogP contribution in [0.3, 0.4) is 0 Å². The zero-order valence-corrected chi connectivity index (χ0v) is 19.3. The Kier molecular flexibility index (Phi) is 5.07. The summed E-state index contributed by atoms with van der Waals surface area (Å²) >= 11 is 1.28. The number of allylic oxidation sites excluding steroid dienone is 1. The molecule has 1 atom stereocenters. The summed E-state index contributed by atoms with van der Waals surface area (Å²) in [5.74, 6) is -1.35. The molecule has 4 aromatic rings. The first-order chi connectivity index (χ1) is 17.0. The van der Waals surface area contributed by atoms with E-state index in [0.717, 1.165) is 35.2 Å². The van der Waals surface area contributed by atoms with Gasteiger partial charge in [-0.15, -0.1) is 0 Å². The van der Waals surface area contributed by atoms with Gasteiger partial charge in [0.05, 0.1) is 21.8 Å². The van der Waals surface area contributed by atoms with E-state index < -0.39 is 12.0 Å². The molecule has 2 aliphatic rings. The van der Waals surface area contributed by atoms with E-state index in [2.05, 4.69) is 6.07 Å². The number of rotatable bonds is 3. The van der Waals surface area contributed by atoms with Crippen LogP contribution in [0.4, 0.5) is 4.39 Å². The molecule has 35 heavy (non-hydrogen) atoms. The van der Waals surface area contributed by atoms with Crippen molar-refractivity contribution in [2.75, 3.05) is 0 Å². The number of hydrogen-bond acceptors (Lipinski definition) is 4. The fraction of sp³-hybridized carbons (Fsp3) is 0.107. The van der Waals surface area contributed by atoms with Gasteiger partial charge in [-0.1, -0.05) is 59.9 Å². The molecule has 1 aliphatic heterocycles. The van der Waals surface area contributed by atoms with Gasteiger partial charge >= 0.3 is 5.97 Å². The van der Waals surface area contributed by atoms with E-state index in [-0.39, 0.29) is 16.9 Å². The first-order valence-corrected chi connectivity index (χ1v) is 12.0. The number of hydrogen-bond donors (Lipinski definition) is 1. The Bertz CT molecular complexity index is 1710. The molecule has 1 unspecified atom stereocenters. The van der Waals surface area contributed by atoms with E-state index in [0.29, 0.717) is 14.9 Å². The number of fused-ring (bicyclic) bond motifs is 3. The average molecular weight is 483 g/mol. The highest BCUT2D eigenvalue weighted by atomic mass is 32.1. The van der Waals surface area contributed by atoms with E-state index >= 15 is 0 Å².